The number of alkyl halides is 3. The maximum atomic E-state index is 12.9. The van der Waals surface area contributed by atoms with E-state index >= 15 is 0 Å². The Morgan fingerprint density at radius 3 is 2.75 bits per heavy atom. The van der Waals surface area contributed by atoms with Crippen LogP contribution in [0.15, 0.2) is 18.3 Å². The van der Waals surface area contributed by atoms with Gasteiger partial charge in [-0.25, -0.2) is 4.79 Å². The van der Waals surface area contributed by atoms with Gasteiger partial charge in [0.15, 0.2) is 11.5 Å². The first-order valence-electron chi connectivity index (χ1n) is 6.63. The van der Waals surface area contributed by atoms with Crippen LogP contribution in [-0.4, -0.2) is 42.2 Å². The van der Waals surface area contributed by atoms with E-state index in [4.69, 9.17) is 10.5 Å². The number of nitrogens with two attached hydrogens (primary N) is 1. The lowest BCUT2D eigenvalue weighted by atomic mass is 10.3. The van der Waals surface area contributed by atoms with Crippen molar-refractivity contribution in [3.8, 4) is 5.82 Å². The number of hydrogen-bond donors (Lipinski definition) is 1. The lowest BCUT2D eigenvalue weighted by Gasteiger charge is -2.06. The molecule has 12 heteroatoms. The molecule has 9 nitrogen and oxygen atoms in total. The average molecular weight is 341 g/mol. The van der Waals surface area contributed by atoms with Crippen molar-refractivity contribution < 1.29 is 22.7 Å². The van der Waals surface area contributed by atoms with Crippen molar-refractivity contribution in [2.75, 3.05) is 12.3 Å². The SMILES string of the molecule is CCOC(=O)c1cnn(-c2ccc3nnc(C(F)(F)F)n3n2)c1N. The van der Waals surface area contributed by atoms with E-state index in [1.165, 1.54) is 12.1 Å². The number of anilines is 1. The Balaban J connectivity index is 2.09. The molecule has 126 valence electrons. The van der Waals surface area contributed by atoms with Gasteiger partial charge in [-0.2, -0.15) is 27.5 Å². The van der Waals surface area contributed by atoms with Crippen LogP contribution in [0.1, 0.15) is 23.1 Å². The van der Waals surface area contributed by atoms with Gasteiger partial charge in [-0.05, 0) is 19.1 Å². The maximum Gasteiger partial charge on any atom is 0.453 e. The smallest absolute Gasteiger partial charge is 0.453 e. The van der Waals surface area contributed by atoms with E-state index < -0.39 is 18.0 Å². The maximum absolute atomic E-state index is 12.9. The minimum Gasteiger partial charge on any atom is -0.462 e. The van der Waals surface area contributed by atoms with Crippen LogP contribution in [0.25, 0.3) is 11.5 Å². The number of rotatable bonds is 3. The fourth-order valence-electron chi connectivity index (χ4n) is 1.98. The summed E-state index contributed by atoms with van der Waals surface area (Å²) in [6.45, 7) is 1.77. The van der Waals surface area contributed by atoms with Crippen molar-refractivity contribution in [3.63, 3.8) is 0 Å². The molecule has 0 bridgehead atoms. The van der Waals surface area contributed by atoms with Gasteiger partial charge in [0.1, 0.15) is 11.4 Å². The number of fused-ring (bicyclic) bond motifs is 1. The summed E-state index contributed by atoms with van der Waals surface area (Å²) in [6, 6.07) is 2.62. The molecule has 0 aliphatic rings. The zero-order chi connectivity index (χ0) is 17.5. The number of ether oxygens (including phenoxy) is 1. The summed E-state index contributed by atoms with van der Waals surface area (Å²) >= 11 is 0. The quantitative estimate of drug-likeness (QED) is 0.709. The summed E-state index contributed by atoms with van der Waals surface area (Å²) in [5.74, 6) is -2.12. The molecule has 0 unspecified atom stereocenters. The topological polar surface area (TPSA) is 113 Å². The number of carbonyl (C=O) groups excluding carboxylic acids is 1. The Bertz CT molecular complexity index is 915. The Morgan fingerprint density at radius 2 is 2.08 bits per heavy atom. The van der Waals surface area contributed by atoms with E-state index in [1.807, 2.05) is 0 Å². The van der Waals surface area contributed by atoms with E-state index in [1.54, 1.807) is 6.92 Å². The van der Waals surface area contributed by atoms with Gasteiger partial charge in [-0.1, -0.05) is 0 Å². The molecule has 0 saturated heterocycles. The molecule has 0 aliphatic carbocycles. The first kappa shape index (κ1) is 15.7. The van der Waals surface area contributed by atoms with Crippen molar-refractivity contribution in [3.05, 3.63) is 29.7 Å². The predicted molar refractivity (Wildman–Crippen MR) is 73.3 cm³/mol. The first-order valence-corrected chi connectivity index (χ1v) is 6.63. The van der Waals surface area contributed by atoms with Crippen LogP contribution in [0.5, 0.6) is 0 Å². The minimum absolute atomic E-state index is 0.0152. The molecular weight excluding hydrogens is 331 g/mol. The second kappa shape index (κ2) is 5.47. The molecule has 3 aromatic rings. The van der Waals surface area contributed by atoms with Crippen LogP contribution in [0, 0.1) is 0 Å². The minimum atomic E-state index is -4.73. The van der Waals surface area contributed by atoms with E-state index in [0.29, 0.717) is 4.52 Å². The normalized spacial score (nSPS) is 11.8. The molecule has 3 heterocycles. The van der Waals surface area contributed by atoms with Gasteiger partial charge in [0, 0.05) is 0 Å². The summed E-state index contributed by atoms with van der Waals surface area (Å²) in [4.78, 5) is 11.7. The number of nitrogen functional groups attached to an aromatic ring is 1. The fraction of sp³-hybridized carbons (Fsp3) is 0.250. The lowest BCUT2D eigenvalue weighted by molar-refractivity contribution is -0.146. The Labute approximate surface area is 131 Å². The third kappa shape index (κ3) is 2.51. The molecule has 0 radical (unpaired) electrons. The molecule has 0 spiro atoms. The third-order valence-corrected chi connectivity index (χ3v) is 3.02. The highest BCUT2D eigenvalue weighted by atomic mass is 19.4. The summed E-state index contributed by atoms with van der Waals surface area (Å²) in [7, 11) is 0. The molecule has 0 atom stereocenters. The average Bonchev–Trinajstić information content (AvgIpc) is 3.09. The van der Waals surface area contributed by atoms with E-state index in [0.717, 1.165) is 10.9 Å². The standard InChI is InChI=1S/C12H10F3N7O2/c1-2-24-10(23)6-5-17-21(9(6)16)8-4-3-7-18-19-11(12(13,14)15)22(7)20-8/h3-5H,2,16H2,1H3. The number of aromatic nitrogens is 6. The largest absolute Gasteiger partial charge is 0.462 e. The van der Waals surface area contributed by atoms with Crippen LogP contribution in [0.2, 0.25) is 0 Å². The van der Waals surface area contributed by atoms with Gasteiger partial charge in [-0.15, -0.1) is 15.3 Å². The molecule has 0 amide bonds. The molecule has 2 N–H and O–H groups in total. The van der Waals surface area contributed by atoms with Crippen LogP contribution in [-0.2, 0) is 10.9 Å². The highest BCUT2D eigenvalue weighted by Crippen LogP contribution is 2.27. The van der Waals surface area contributed by atoms with Crippen LogP contribution in [0.3, 0.4) is 0 Å². The van der Waals surface area contributed by atoms with Gasteiger partial charge in [0.25, 0.3) is 5.82 Å². The molecule has 0 fully saturated rings. The Hall–Kier alpha value is -3.18. The first-order chi connectivity index (χ1) is 11.3. The third-order valence-electron chi connectivity index (χ3n) is 3.02. The highest BCUT2D eigenvalue weighted by Gasteiger charge is 2.37. The summed E-state index contributed by atoms with van der Waals surface area (Å²) in [5, 5.41) is 14.1. The van der Waals surface area contributed by atoms with E-state index in [9.17, 15) is 18.0 Å². The molecule has 3 rings (SSSR count). The highest BCUT2D eigenvalue weighted by molar-refractivity contribution is 5.94. The molecule has 0 saturated carbocycles. The van der Waals surface area contributed by atoms with Crippen molar-refractivity contribution >= 4 is 17.4 Å². The summed E-state index contributed by atoms with van der Waals surface area (Å²) in [5.41, 5.74) is 5.70. The van der Waals surface area contributed by atoms with Gasteiger partial charge >= 0.3 is 12.1 Å². The summed E-state index contributed by atoms with van der Waals surface area (Å²) < 4.78 is 45.0. The van der Waals surface area contributed by atoms with Crippen molar-refractivity contribution in [1.82, 2.24) is 29.6 Å². The van der Waals surface area contributed by atoms with Crippen LogP contribution < -0.4 is 5.73 Å². The second-order valence-corrected chi connectivity index (χ2v) is 4.56. The summed E-state index contributed by atoms with van der Waals surface area (Å²) in [6.07, 6.45) is -3.58. The Morgan fingerprint density at radius 1 is 1.33 bits per heavy atom. The monoisotopic (exact) mass is 341 g/mol. The molecular formula is C12H10F3N7O2. The Kier molecular flexibility index (Phi) is 3.58. The molecule has 0 aliphatic heterocycles. The lowest BCUT2D eigenvalue weighted by Crippen LogP contribution is -2.15. The van der Waals surface area contributed by atoms with Crippen LogP contribution >= 0.6 is 0 Å². The molecule has 0 aromatic carbocycles. The van der Waals surface area contributed by atoms with Crippen molar-refractivity contribution in [1.29, 1.82) is 0 Å². The number of esters is 1. The number of carbonyl (C=O) groups is 1. The number of nitrogens with zero attached hydrogens (tertiary/aromatic N) is 6. The van der Waals surface area contributed by atoms with Gasteiger partial charge in [0.2, 0.25) is 0 Å². The van der Waals surface area contributed by atoms with E-state index in [2.05, 4.69) is 20.4 Å². The van der Waals surface area contributed by atoms with Crippen LogP contribution in [0.4, 0.5) is 19.0 Å². The van der Waals surface area contributed by atoms with Crippen molar-refractivity contribution in [2.24, 2.45) is 0 Å². The fourth-order valence-corrected chi connectivity index (χ4v) is 1.98. The van der Waals surface area contributed by atoms with E-state index in [-0.39, 0.29) is 29.5 Å². The van der Waals surface area contributed by atoms with Gasteiger partial charge < -0.3 is 10.5 Å². The zero-order valence-corrected chi connectivity index (χ0v) is 12.2. The predicted octanol–water partition coefficient (Wildman–Crippen LogP) is 1.09. The molecule has 24 heavy (non-hydrogen) atoms. The zero-order valence-electron chi connectivity index (χ0n) is 12.2. The number of hydrogen-bond acceptors (Lipinski definition) is 7. The van der Waals surface area contributed by atoms with Crippen molar-refractivity contribution in [2.45, 2.75) is 13.1 Å². The van der Waals surface area contributed by atoms with Gasteiger partial charge in [0.05, 0.1) is 12.8 Å². The van der Waals surface area contributed by atoms with Gasteiger partial charge in [-0.3, -0.25) is 0 Å². The molecule has 3 aromatic heterocycles. The number of halogens is 3. The second-order valence-electron chi connectivity index (χ2n) is 4.56.